The van der Waals surface area contributed by atoms with Crippen LogP contribution in [0.3, 0.4) is 0 Å². The average Bonchev–Trinajstić information content (AvgIpc) is 2.57. The van der Waals surface area contributed by atoms with E-state index in [0.29, 0.717) is 24.3 Å². The largest absolute Gasteiger partial charge is 0.468 e. The van der Waals surface area contributed by atoms with Crippen molar-refractivity contribution in [3.8, 4) is 0 Å². The molecular weight excluding hydrogens is 364 g/mol. The van der Waals surface area contributed by atoms with Crippen molar-refractivity contribution >= 4 is 39.3 Å². The molecule has 0 saturated heterocycles. The minimum absolute atomic E-state index is 0.0705. The number of amides is 1. The number of nitrogens with zero attached hydrogens (tertiary/aromatic N) is 1. The quantitative estimate of drug-likeness (QED) is 0.649. The van der Waals surface area contributed by atoms with Gasteiger partial charge < -0.3 is 10.1 Å². The van der Waals surface area contributed by atoms with E-state index in [0.717, 1.165) is 11.8 Å². The number of carbonyl (C=O) groups is 2. The molecule has 1 N–H and O–H groups in total. The minimum atomic E-state index is -3.61. The number of ether oxygens (including phenoxy) is 1. The summed E-state index contributed by atoms with van der Waals surface area (Å²) in [5, 5.41) is 2.65. The van der Waals surface area contributed by atoms with E-state index < -0.39 is 16.0 Å². The van der Waals surface area contributed by atoms with E-state index in [1.165, 1.54) is 17.5 Å². The van der Waals surface area contributed by atoms with Crippen molar-refractivity contribution in [2.45, 2.75) is 25.7 Å². The molecule has 0 saturated carbocycles. The Balaban J connectivity index is 2.88. The highest BCUT2D eigenvalue weighted by Crippen LogP contribution is 2.23. The molecule has 0 aliphatic heterocycles. The van der Waals surface area contributed by atoms with Gasteiger partial charge in [-0.05, 0) is 24.6 Å². The number of sulfonamides is 1. The molecule has 140 valence electrons. The van der Waals surface area contributed by atoms with Gasteiger partial charge in [-0.2, -0.15) is 4.31 Å². The lowest BCUT2D eigenvalue weighted by molar-refractivity contribution is -0.137. The molecule has 0 radical (unpaired) electrons. The Hall–Kier alpha value is -1.58. The van der Waals surface area contributed by atoms with Crippen LogP contribution in [0.1, 0.15) is 19.4 Å². The Labute approximate surface area is 153 Å². The number of anilines is 1. The smallest absolute Gasteiger partial charge is 0.315 e. The molecule has 0 heterocycles. The normalized spacial score (nSPS) is 11.4. The molecule has 1 rings (SSSR count). The van der Waals surface area contributed by atoms with Gasteiger partial charge in [0.15, 0.2) is 0 Å². The summed E-state index contributed by atoms with van der Waals surface area (Å²) in [6, 6.07) is 4.78. The summed E-state index contributed by atoms with van der Waals surface area (Å²) in [5.41, 5.74) is 1.02. The maximum atomic E-state index is 12.7. The van der Waals surface area contributed by atoms with Gasteiger partial charge in [0, 0.05) is 18.8 Å². The van der Waals surface area contributed by atoms with Crippen LogP contribution in [-0.2, 0) is 24.3 Å². The van der Waals surface area contributed by atoms with E-state index in [4.69, 9.17) is 0 Å². The van der Waals surface area contributed by atoms with Gasteiger partial charge in [0.2, 0.25) is 15.9 Å². The maximum absolute atomic E-state index is 12.7. The lowest BCUT2D eigenvalue weighted by atomic mass is 10.2. The third-order valence-corrected chi connectivity index (χ3v) is 6.57. The van der Waals surface area contributed by atoms with E-state index >= 15 is 0 Å². The molecule has 1 aromatic carbocycles. The molecule has 7 nitrogen and oxygen atoms in total. The molecule has 1 amide bonds. The van der Waals surface area contributed by atoms with E-state index in [1.54, 1.807) is 32.9 Å². The van der Waals surface area contributed by atoms with E-state index in [2.05, 4.69) is 10.1 Å². The Kier molecular flexibility index (Phi) is 8.40. The summed E-state index contributed by atoms with van der Waals surface area (Å²) in [5.74, 6) is -0.565. The zero-order valence-electron chi connectivity index (χ0n) is 14.9. The van der Waals surface area contributed by atoms with Crippen LogP contribution in [0.15, 0.2) is 23.1 Å². The number of methoxy groups -OCH3 is 1. The Morgan fingerprint density at radius 3 is 2.40 bits per heavy atom. The number of hydrogen-bond donors (Lipinski definition) is 1. The SMILES string of the molecule is CCN(CC)S(=O)(=O)c1cc(NC(=O)CSCC(=O)OC)ccc1C. The Bertz CT molecular complexity index is 715. The summed E-state index contributed by atoms with van der Waals surface area (Å²) in [6.45, 7) is 6.02. The average molecular weight is 389 g/mol. The minimum Gasteiger partial charge on any atom is -0.468 e. The van der Waals surface area contributed by atoms with E-state index in [-0.39, 0.29) is 22.3 Å². The van der Waals surface area contributed by atoms with Gasteiger partial charge in [-0.15, -0.1) is 11.8 Å². The third kappa shape index (κ3) is 6.02. The van der Waals surface area contributed by atoms with Gasteiger partial charge in [0.05, 0.1) is 23.5 Å². The molecule has 0 aliphatic carbocycles. The van der Waals surface area contributed by atoms with Crippen LogP contribution in [-0.4, -0.2) is 56.3 Å². The summed E-state index contributed by atoms with van der Waals surface area (Å²) >= 11 is 1.13. The van der Waals surface area contributed by atoms with Crippen LogP contribution in [0.2, 0.25) is 0 Å². The lowest BCUT2D eigenvalue weighted by Gasteiger charge is -2.20. The zero-order valence-corrected chi connectivity index (χ0v) is 16.5. The van der Waals surface area contributed by atoms with Crippen molar-refractivity contribution < 1.29 is 22.7 Å². The molecule has 0 bridgehead atoms. The van der Waals surface area contributed by atoms with Crippen molar-refractivity contribution in [2.24, 2.45) is 0 Å². The van der Waals surface area contributed by atoms with Crippen molar-refractivity contribution in [1.29, 1.82) is 0 Å². The lowest BCUT2D eigenvalue weighted by Crippen LogP contribution is -2.31. The van der Waals surface area contributed by atoms with Crippen molar-refractivity contribution in [3.05, 3.63) is 23.8 Å². The highest BCUT2D eigenvalue weighted by atomic mass is 32.2. The Morgan fingerprint density at radius 2 is 1.84 bits per heavy atom. The van der Waals surface area contributed by atoms with Crippen LogP contribution in [0.4, 0.5) is 5.69 Å². The number of esters is 1. The first kappa shape index (κ1) is 21.5. The first-order valence-corrected chi connectivity index (χ1v) is 10.4. The summed E-state index contributed by atoms with van der Waals surface area (Å²) in [6.07, 6.45) is 0. The van der Waals surface area contributed by atoms with Crippen LogP contribution in [0.5, 0.6) is 0 Å². The predicted molar refractivity (Wildman–Crippen MR) is 99.3 cm³/mol. The van der Waals surface area contributed by atoms with Crippen LogP contribution >= 0.6 is 11.8 Å². The maximum Gasteiger partial charge on any atom is 0.315 e. The van der Waals surface area contributed by atoms with Crippen LogP contribution in [0.25, 0.3) is 0 Å². The molecule has 25 heavy (non-hydrogen) atoms. The van der Waals surface area contributed by atoms with E-state index in [1.807, 2.05) is 0 Å². The second kappa shape index (κ2) is 9.79. The van der Waals surface area contributed by atoms with Gasteiger partial charge in [-0.1, -0.05) is 19.9 Å². The predicted octanol–water partition coefficient (Wildman–Crippen LogP) is 1.87. The second-order valence-corrected chi connectivity index (χ2v) is 8.08. The molecule has 0 aliphatic rings. The van der Waals surface area contributed by atoms with Gasteiger partial charge in [0.25, 0.3) is 0 Å². The van der Waals surface area contributed by atoms with E-state index in [9.17, 15) is 18.0 Å². The number of benzene rings is 1. The monoisotopic (exact) mass is 388 g/mol. The fraction of sp³-hybridized carbons (Fsp3) is 0.500. The summed E-state index contributed by atoms with van der Waals surface area (Å²) in [4.78, 5) is 23.1. The number of thioether (sulfide) groups is 1. The molecule has 0 fully saturated rings. The molecular formula is C16H24N2O5S2. The van der Waals surface area contributed by atoms with Gasteiger partial charge in [-0.25, -0.2) is 8.42 Å². The number of aryl methyl sites for hydroxylation is 1. The zero-order chi connectivity index (χ0) is 19.0. The molecule has 0 spiro atoms. The van der Waals surface area contributed by atoms with Crippen molar-refractivity contribution in [1.82, 2.24) is 4.31 Å². The summed E-state index contributed by atoms with van der Waals surface area (Å²) < 4.78 is 31.2. The highest BCUT2D eigenvalue weighted by Gasteiger charge is 2.24. The fourth-order valence-electron chi connectivity index (χ4n) is 2.14. The topological polar surface area (TPSA) is 92.8 Å². The number of rotatable bonds is 9. The number of nitrogens with one attached hydrogen (secondary N) is 1. The third-order valence-electron chi connectivity index (χ3n) is 3.48. The second-order valence-electron chi connectivity index (χ2n) is 5.19. The number of carbonyl (C=O) groups excluding carboxylic acids is 2. The summed E-state index contributed by atoms with van der Waals surface area (Å²) in [7, 11) is -2.32. The first-order chi connectivity index (χ1) is 11.8. The molecule has 0 unspecified atom stereocenters. The number of hydrogen-bond acceptors (Lipinski definition) is 6. The van der Waals surface area contributed by atoms with Gasteiger partial charge in [0.1, 0.15) is 0 Å². The highest BCUT2D eigenvalue weighted by molar-refractivity contribution is 8.00. The van der Waals surface area contributed by atoms with Gasteiger partial charge >= 0.3 is 5.97 Å². The van der Waals surface area contributed by atoms with Gasteiger partial charge in [-0.3, -0.25) is 9.59 Å². The van der Waals surface area contributed by atoms with Crippen molar-refractivity contribution in [3.63, 3.8) is 0 Å². The molecule has 9 heteroatoms. The van der Waals surface area contributed by atoms with Crippen LogP contribution < -0.4 is 5.32 Å². The fourth-order valence-corrected chi connectivity index (χ4v) is 4.49. The molecule has 0 atom stereocenters. The first-order valence-electron chi connectivity index (χ1n) is 7.81. The van der Waals surface area contributed by atoms with Crippen molar-refractivity contribution in [2.75, 3.05) is 37.0 Å². The van der Waals surface area contributed by atoms with Crippen LogP contribution in [0, 0.1) is 6.92 Å². The molecule has 0 aromatic heterocycles. The standard InChI is InChI=1S/C16H24N2O5S2/c1-5-18(6-2)25(21,22)14-9-13(8-7-12(14)3)17-15(19)10-24-11-16(20)23-4/h7-9H,5-6,10-11H2,1-4H3,(H,17,19). The Morgan fingerprint density at radius 1 is 1.20 bits per heavy atom. The molecule has 1 aromatic rings.